The average Bonchev–Trinajstić information content (AvgIpc) is 2.85. The Hall–Kier alpha value is -3.30. The maximum absolute atomic E-state index is 12.2. The van der Waals surface area contributed by atoms with Gasteiger partial charge in [0, 0.05) is 0 Å². The van der Waals surface area contributed by atoms with Crippen LogP contribution in [0.4, 0.5) is 0 Å². The highest BCUT2D eigenvalue weighted by Crippen LogP contribution is 2.26. The fourth-order valence-electron chi connectivity index (χ4n) is 4.33. The molecular formula is C29H28O6S2. The second kappa shape index (κ2) is 10.6. The second-order valence-corrected chi connectivity index (χ2v) is 11.9. The van der Waals surface area contributed by atoms with Crippen LogP contribution in [0.15, 0.2) is 94.7 Å². The van der Waals surface area contributed by atoms with Crippen LogP contribution < -0.4 is 0 Å². The first kappa shape index (κ1) is 26.8. The van der Waals surface area contributed by atoms with Crippen LogP contribution in [-0.2, 0) is 39.5 Å². The van der Waals surface area contributed by atoms with Crippen molar-refractivity contribution in [2.24, 2.45) is 0 Å². The largest absolute Gasteiger partial charge is 0.294 e. The van der Waals surface area contributed by atoms with Crippen molar-refractivity contribution in [1.82, 2.24) is 0 Å². The molecule has 0 amide bonds. The zero-order chi connectivity index (χ0) is 26.8. The molecule has 0 aliphatic carbocycles. The van der Waals surface area contributed by atoms with Gasteiger partial charge in [0.1, 0.15) is 0 Å². The van der Waals surface area contributed by atoms with Gasteiger partial charge in [0.25, 0.3) is 20.2 Å². The van der Waals surface area contributed by atoms with E-state index in [0.717, 1.165) is 23.1 Å². The van der Waals surface area contributed by atoms with Crippen molar-refractivity contribution in [2.75, 3.05) is 0 Å². The lowest BCUT2D eigenvalue weighted by molar-refractivity contribution is 0.480. The fourth-order valence-corrected chi connectivity index (χ4v) is 5.88. The third kappa shape index (κ3) is 6.53. The van der Waals surface area contributed by atoms with Crippen LogP contribution in [0.5, 0.6) is 0 Å². The number of hydrogen-bond donors (Lipinski definition) is 2. The maximum atomic E-state index is 12.2. The Bertz CT molecular complexity index is 1640. The molecule has 4 aromatic carbocycles. The molecule has 0 aliphatic rings. The molecule has 8 heteroatoms. The highest BCUT2D eigenvalue weighted by atomic mass is 32.2. The maximum Gasteiger partial charge on any atom is 0.294 e. The Morgan fingerprint density at radius 2 is 1.03 bits per heavy atom. The van der Waals surface area contributed by atoms with Gasteiger partial charge in [-0.05, 0) is 82.8 Å². The van der Waals surface area contributed by atoms with E-state index in [9.17, 15) is 25.9 Å². The topological polar surface area (TPSA) is 109 Å². The quantitative estimate of drug-likeness (QED) is 0.272. The first-order chi connectivity index (χ1) is 17.4. The van der Waals surface area contributed by atoms with Crippen LogP contribution in [-0.4, -0.2) is 25.9 Å². The van der Waals surface area contributed by atoms with Gasteiger partial charge in [-0.3, -0.25) is 9.11 Å². The van der Waals surface area contributed by atoms with Gasteiger partial charge in [0.15, 0.2) is 0 Å². The summed E-state index contributed by atoms with van der Waals surface area (Å²) in [5, 5.41) is 0. The average molecular weight is 537 g/mol. The Morgan fingerprint density at radius 3 is 1.54 bits per heavy atom. The molecule has 0 fully saturated rings. The minimum atomic E-state index is -4.50. The van der Waals surface area contributed by atoms with Crippen LogP contribution in [0.25, 0.3) is 11.1 Å². The molecule has 0 saturated heterocycles. The first-order valence-electron chi connectivity index (χ1n) is 11.8. The molecule has 2 N–H and O–H groups in total. The summed E-state index contributed by atoms with van der Waals surface area (Å²) in [7, 11) is -8.88. The van der Waals surface area contributed by atoms with E-state index in [0.29, 0.717) is 28.7 Å². The molecular weight excluding hydrogens is 508 g/mol. The molecule has 0 aliphatic heterocycles. The Morgan fingerprint density at radius 1 is 0.568 bits per heavy atom. The van der Waals surface area contributed by atoms with E-state index in [1.54, 1.807) is 31.2 Å². The summed E-state index contributed by atoms with van der Waals surface area (Å²) in [6.07, 6.45) is 1.50. The Labute approximate surface area is 218 Å². The number of benzene rings is 4. The van der Waals surface area contributed by atoms with Crippen LogP contribution in [0.2, 0.25) is 0 Å². The third-order valence-corrected chi connectivity index (χ3v) is 8.32. The molecule has 0 bridgehead atoms. The van der Waals surface area contributed by atoms with Crippen LogP contribution in [0.3, 0.4) is 0 Å². The number of hydrogen-bond acceptors (Lipinski definition) is 4. The Kier molecular flexibility index (Phi) is 7.66. The van der Waals surface area contributed by atoms with Crippen molar-refractivity contribution < 1.29 is 25.9 Å². The predicted molar refractivity (Wildman–Crippen MR) is 144 cm³/mol. The smallest absolute Gasteiger partial charge is 0.282 e. The number of aryl methyl sites for hydroxylation is 2. The minimum Gasteiger partial charge on any atom is -0.282 e. The summed E-state index contributed by atoms with van der Waals surface area (Å²) in [4.78, 5) is -0.382. The van der Waals surface area contributed by atoms with E-state index in [2.05, 4.69) is 31.2 Å². The Balaban J connectivity index is 1.59. The molecule has 0 atom stereocenters. The van der Waals surface area contributed by atoms with E-state index in [-0.39, 0.29) is 16.2 Å². The minimum absolute atomic E-state index is 0.189. The highest BCUT2D eigenvalue weighted by Gasteiger charge is 2.18. The van der Waals surface area contributed by atoms with E-state index in [1.807, 2.05) is 24.3 Å². The summed E-state index contributed by atoms with van der Waals surface area (Å²) >= 11 is 0. The highest BCUT2D eigenvalue weighted by molar-refractivity contribution is 7.86. The fraction of sp³-hybridized carbons (Fsp3) is 0.172. The van der Waals surface area contributed by atoms with Crippen molar-refractivity contribution >= 4 is 20.2 Å². The van der Waals surface area contributed by atoms with Gasteiger partial charge >= 0.3 is 0 Å². The lowest BCUT2D eigenvalue weighted by Gasteiger charge is -2.12. The molecule has 6 nitrogen and oxygen atoms in total. The van der Waals surface area contributed by atoms with Gasteiger partial charge in [0.2, 0.25) is 0 Å². The molecule has 4 aromatic rings. The summed E-state index contributed by atoms with van der Waals surface area (Å²) in [6.45, 7) is 3.69. The molecule has 0 aromatic heterocycles. The lowest BCUT2D eigenvalue weighted by atomic mass is 9.97. The summed E-state index contributed by atoms with van der Waals surface area (Å²) in [5.41, 5.74) is 6.32. The normalized spacial score (nSPS) is 12.0. The predicted octanol–water partition coefficient (Wildman–Crippen LogP) is 5.90. The molecule has 192 valence electrons. The van der Waals surface area contributed by atoms with Gasteiger partial charge in [-0.1, -0.05) is 79.7 Å². The standard InChI is InChI=1S/C29H28O6S2/c1-3-21-6-11-25(12-7-21)26-13-8-22(9-14-26)17-27-15-10-24(19-29(27)37(33,34)35)16-23-5-4-20(2)28(18-23)36(30,31)32/h4-15,18-19H,3,16-17H2,1-2H3,(H,30,31,32)(H,33,34,35). The summed E-state index contributed by atoms with van der Waals surface area (Å²) in [5.74, 6) is 0. The molecule has 0 spiro atoms. The lowest BCUT2D eigenvalue weighted by Crippen LogP contribution is -2.06. The van der Waals surface area contributed by atoms with Gasteiger partial charge in [-0.15, -0.1) is 0 Å². The van der Waals surface area contributed by atoms with Crippen LogP contribution >= 0.6 is 0 Å². The number of rotatable bonds is 8. The molecule has 0 unspecified atom stereocenters. The van der Waals surface area contributed by atoms with Gasteiger partial charge in [-0.25, -0.2) is 0 Å². The van der Waals surface area contributed by atoms with Gasteiger partial charge < -0.3 is 0 Å². The molecule has 4 rings (SSSR count). The van der Waals surface area contributed by atoms with E-state index in [1.165, 1.54) is 17.7 Å². The zero-order valence-electron chi connectivity index (χ0n) is 20.5. The monoisotopic (exact) mass is 536 g/mol. The van der Waals surface area contributed by atoms with Crippen LogP contribution in [0, 0.1) is 6.92 Å². The summed E-state index contributed by atoms with van der Waals surface area (Å²) in [6, 6.07) is 25.7. The van der Waals surface area contributed by atoms with Crippen LogP contribution in [0.1, 0.15) is 40.3 Å². The first-order valence-corrected chi connectivity index (χ1v) is 14.7. The molecule has 0 heterocycles. The SMILES string of the molecule is CCc1ccc(-c2ccc(Cc3ccc(Cc4ccc(C)c(S(=O)(=O)O)c4)cc3S(=O)(=O)O)cc2)cc1. The van der Waals surface area contributed by atoms with Gasteiger partial charge in [-0.2, -0.15) is 16.8 Å². The molecule has 37 heavy (non-hydrogen) atoms. The zero-order valence-corrected chi connectivity index (χ0v) is 22.2. The van der Waals surface area contributed by atoms with E-state index in [4.69, 9.17) is 0 Å². The summed E-state index contributed by atoms with van der Waals surface area (Å²) < 4.78 is 67.1. The molecule has 0 radical (unpaired) electrons. The molecule has 0 saturated carbocycles. The third-order valence-electron chi connectivity index (χ3n) is 6.39. The van der Waals surface area contributed by atoms with E-state index < -0.39 is 20.2 Å². The van der Waals surface area contributed by atoms with Crippen molar-refractivity contribution in [2.45, 2.75) is 42.9 Å². The van der Waals surface area contributed by atoms with Crippen molar-refractivity contribution in [3.8, 4) is 11.1 Å². The van der Waals surface area contributed by atoms with Crippen molar-refractivity contribution in [3.05, 3.63) is 118 Å². The van der Waals surface area contributed by atoms with E-state index >= 15 is 0 Å². The second-order valence-electron chi connectivity index (χ2n) is 9.09. The van der Waals surface area contributed by atoms with Crippen molar-refractivity contribution in [3.63, 3.8) is 0 Å². The van der Waals surface area contributed by atoms with Gasteiger partial charge in [0.05, 0.1) is 9.79 Å². The van der Waals surface area contributed by atoms with Crippen molar-refractivity contribution in [1.29, 1.82) is 0 Å².